The maximum absolute atomic E-state index is 12.0. The number of unbranched alkanes of at least 4 members (excludes halogenated alkanes) is 28. The minimum Gasteiger partial charge on any atom is -0.466 e. The first-order valence-electron chi connectivity index (χ1n) is 22.8. The highest BCUT2D eigenvalue weighted by atomic mass is 32.2. The maximum Gasteiger partial charge on any atom is 0.306 e. The van der Waals surface area contributed by atoms with Crippen LogP contribution in [0.3, 0.4) is 0 Å². The molecule has 0 bridgehead atoms. The molecule has 0 atom stereocenters. The summed E-state index contributed by atoms with van der Waals surface area (Å²) in [6, 6.07) is 0. The van der Waals surface area contributed by atoms with Gasteiger partial charge in [0.15, 0.2) is 0 Å². The van der Waals surface area contributed by atoms with Crippen molar-refractivity contribution in [3.05, 3.63) is 0 Å². The van der Waals surface area contributed by atoms with Crippen LogP contribution in [0.1, 0.15) is 246 Å². The van der Waals surface area contributed by atoms with Crippen molar-refractivity contribution < 1.29 is 19.1 Å². The van der Waals surface area contributed by atoms with Gasteiger partial charge in [-0.1, -0.05) is 220 Å². The third kappa shape index (κ3) is 45.4. The Hall–Kier alpha value is -0.710. The molecule has 0 unspecified atom stereocenters. The highest BCUT2D eigenvalue weighted by molar-refractivity contribution is 7.99. The van der Waals surface area contributed by atoms with Crippen LogP contribution in [0.25, 0.3) is 0 Å². The largest absolute Gasteiger partial charge is 0.466 e. The molecule has 0 aliphatic heterocycles. The second-order valence-corrected chi connectivity index (χ2v) is 17.7. The van der Waals surface area contributed by atoms with Crippen molar-refractivity contribution in [1.82, 2.24) is 0 Å². The molecule has 0 heterocycles. The number of hydrogen-bond acceptors (Lipinski definition) is 5. The van der Waals surface area contributed by atoms with Crippen molar-refractivity contribution in [3.63, 3.8) is 0 Å². The molecule has 304 valence electrons. The molecule has 0 spiro atoms. The van der Waals surface area contributed by atoms with Crippen molar-refractivity contribution in [2.45, 2.75) is 246 Å². The zero-order chi connectivity index (χ0) is 37.3. The second kappa shape index (κ2) is 42.0. The van der Waals surface area contributed by atoms with Crippen LogP contribution < -0.4 is 0 Å². The minimum absolute atomic E-state index is 0.107. The Bertz CT molecular complexity index is 651. The smallest absolute Gasteiger partial charge is 0.306 e. The van der Waals surface area contributed by atoms with Crippen molar-refractivity contribution in [3.8, 4) is 0 Å². The summed E-state index contributed by atoms with van der Waals surface area (Å²) in [5, 5.41) is 0. The number of esters is 2. The average molecular weight is 739 g/mol. The maximum atomic E-state index is 12.0. The quantitative estimate of drug-likeness (QED) is 0.0461. The van der Waals surface area contributed by atoms with Crippen LogP contribution in [-0.4, -0.2) is 36.7 Å². The molecule has 0 amide bonds. The van der Waals surface area contributed by atoms with Gasteiger partial charge in [-0.2, -0.15) is 11.8 Å². The van der Waals surface area contributed by atoms with Crippen LogP contribution in [0.5, 0.6) is 0 Å². The Kier molecular flexibility index (Phi) is 41.5. The van der Waals surface area contributed by atoms with E-state index in [1.807, 2.05) is 0 Å². The van der Waals surface area contributed by atoms with Crippen molar-refractivity contribution in [2.24, 2.45) is 11.8 Å². The van der Waals surface area contributed by atoms with Gasteiger partial charge in [0.1, 0.15) is 0 Å². The van der Waals surface area contributed by atoms with Crippen molar-refractivity contribution in [1.29, 1.82) is 0 Å². The molecule has 0 saturated heterocycles. The molecule has 0 aromatic carbocycles. The van der Waals surface area contributed by atoms with E-state index in [-0.39, 0.29) is 11.9 Å². The van der Waals surface area contributed by atoms with E-state index >= 15 is 0 Å². The van der Waals surface area contributed by atoms with Crippen LogP contribution in [-0.2, 0) is 19.1 Å². The zero-order valence-corrected chi connectivity index (χ0v) is 35.9. The Balaban J connectivity index is 3.25. The fourth-order valence-electron chi connectivity index (χ4n) is 6.83. The van der Waals surface area contributed by atoms with Gasteiger partial charge >= 0.3 is 11.9 Å². The Morgan fingerprint density at radius 2 is 0.569 bits per heavy atom. The fraction of sp³-hybridized carbons (Fsp3) is 0.957. The molecule has 51 heavy (non-hydrogen) atoms. The molecule has 4 nitrogen and oxygen atoms in total. The fourth-order valence-corrected chi connectivity index (χ4v) is 7.66. The SMILES string of the molecule is CC(C)CCCCCCCCCCCCCCCCCOC(=O)CCSCCC(=O)OCCCCCCCCCCCCCCCCCC(C)C. The van der Waals surface area contributed by atoms with Gasteiger partial charge in [0, 0.05) is 11.5 Å². The molecule has 0 aromatic heterocycles. The van der Waals surface area contributed by atoms with Gasteiger partial charge < -0.3 is 9.47 Å². The summed E-state index contributed by atoms with van der Waals surface area (Å²) in [4.78, 5) is 24.0. The van der Waals surface area contributed by atoms with Gasteiger partial charge in [-0.15, -0.1) is 0 Å². The summed E-state index contributed by atoms with van der Waals surface area (Å²) in [5.74, 6) is 2.94. The van der Waals surface area contributed by atoms with E-state index in [9.17, 15) is 9.59 Å². The summed E-state index contributed by atoms with van der Waals surface area (Å²) in [6.45, 7) is 10.4. The minimum atomic E-state index is -0.107. The van der Waals surface area contributed by atoms with E-state index < -0.39 is 0 Å². The lowest BCUT2D eigenvalue weighted by molar-refractivity contribution is -0.144. The first kappa shape index (κ1) is 50.3. The van der Waals surface area contributed by atoms with Crippen LogP contribution in [0.2, 0.25) is 0 Å². The lowest BCUT2D eigenvalue weighted by Crippen LogP contribution is -2.09. The molecule has 0 aliphatic rings. The van der Waals surface area contributed by atoms with Crippen LogP contribution in [0.4, 0.5) is 0 Å². The zero-order valence-electron chi connectivity index (χ0n) is 35.1. The van der Waals surface area contributed by atoms with E-state index in [0.717, 1.165) is 37.5 Å². The van der Waals surface area contributed by atoms with Gasteiger partial charge in [-0.25, -0.2) is 0 Å². The van der Waals surface area contributed by atoms with Gasteiger partial charge in [0.2, 0.25) is 0 Å². The number of carbonyl (C=O) groups excluding carboxylic acids is 2. The van der Waals surface area contributed by atoms with E-state index in [0.29, 0.717) is 37.6 Å². The van der Waals surface area contributed by atoms with Crippen LogP contribution in [0, 0.1) is 11.8 Å². The van der Waals surface area contributed by atoms with E-state index in [2.05, 4.69) is 27.7 Å². The second-order valence-electron chi connectivity index (χ2n) is 16.5. The third-order valence-corrected chi connectivity index (χ3v) is 11.3. The standard InChI is InChI=1S/C46H90O4S/c1-43(2)35-31-27-23-19-15-11-7-5-9-13-17-21-25-29-33-39-49-45(47)37-41-51-42-38-46(48)50-40-34-30-26-22-18-14-10-6-8-12-16-20-24-28-32-36-44(3)4/h43-44H,5-42H2,1-4H3. The topological polar surface area (TPSA) is 52.6 Å². The molecule has 0 fully saturated rings. The number of carbonyl (C=O) groups is 2. The van der Waals surface area contributed by atoms with Crippen LogP contribution >= 0.6 is 11.8 Å². The van der Waals surface area contributed by atoms with E-state index in [4.69, 9.17) is 9.47 Å². The first-order valence-corrected chi connectivity index (χ1v) is 24.0. The van der Waals surface area contributed by atoms with Gasteiger partial charge in [0.05, 0.1) is 26.1 Å². The average Bonchev–Trinajstić information content (AvgIpc) is 3.10. The van der Waals surface area contributed by atoms with E-state index in [1.54, 1.807) is 11.8 Å². The third-order valence-electron chi connectivity index (χ3n) is 10.3. The van der Waals surface area contributed by atoms with Crippen LogP contribution in [0.15, 0.2) is 0 Å². The number of thioether (sulfide) groups is 1. The predicted molar refractivity (Wildman–Crippen MR) is 226 cm³/mol. The Morgan fingerprint density at radius 1 is 0.353 bits per heavy atom. The normalized spacial score (nSPS) is 11.6. The molecule has 0 radical (unpaired) electrons. The Morgan fingerprint density at radius 3 is 0.804 bits per heavy atom. The molecule has 0 rings (SSSR count). The summed E-state index contributed by atoms with van der Waals surface area (Å²) in [6.07, 6.45) is 44.1. The van der Waals surface area contributed by atoms with Gasteiger partial charge in [-0.05, 0) is 24.7 Å². The summed E-state index contributed by atoms with van der Waals surface area (Å²) in [7, 11) is 0. The molecule has 0 aliphatic carbocycles. The molecular weight excluding hydrogens is 649 g/mol. The predicted octanol–water partition coefficient (Wildman–Crippen LogP) is 15.4. The first-order chi connectivity index (χ1) is 24.9. The molecular formula is C46H90O4S. The highest BCUT2D eigenvalue weighted by Gasteiger charge is 2.06. The molecule has 0 aromatic rings. The highest BCUT2D eigenvalue weighted by Crippen LogP contribution is 2.17. The van der Waals surface area contributed by atoms with E-state index in [1.165, 1.54) is 180 Å². The Labute approximate surface area is 324 Å². The number of ether oxygens (including phenoxy) is 2. The molecule has 0 saturated carbocycles. The van der Waals surface area contributed by atoms with Crippen molar-refractivity contribution >= 4 is 23.7 Å². The van der Waals surface area contributed by atoms with Gasteiger partial charge in [0.25, 0.3) is 0 Å². The molecule has 5 heteroatoms. The summed E-state index contributed by atoms with van der Waals surface area (Å²) >= 11 is 1.64. The number of hydrogen-bond donors (Lipinski definition) is 0. The van der Waals surface area contributed by atoms with Gasteiger partial charge in [-0.3, -0.25) is 9.59 Å². The molecule has 0 N–H and O–H groups in total. The lowest BCUT2D eigenvalue weighted by atomic mass is 10.0. The lowest BCUT2D eigenvalue weighted by Gasteiger charge is -2.06. The summed E-state index contributed by atoms with van der Waals surface area (Å²) in [5.41, 5.74) is 0. The van der Waals surface area contributed by atoms with Crippen molar-refractivity contribution in [2.75, 3.05) is 24.7 Å². The number of rotatable bonds is 42. The summed E-state index contributed by atoms with van der Waals surface area (Å²) < 4.78 is 10.8. The monoisotopic (exact) mass is 739 g/mol.